The molecule has 26 heavy (non-hydrogen) atoms. The van der Waals surface area contributed by atoms with Crippen molar-refractivity contribution >= 4 is 6.09 Å². The van der Waals surface area contributed by atoms with Crippen molar-refractivity contribution < 1.29 is 14.6 Å². The molecular formula is C21H28N2O3. The Morgan fingerprint density at radius 3 is 2.77 bits per heavy atom. The molecule has 1 aliphatic rings. The smallest absolute Gasteiger partial charge is 0.410 e. The number of amides is 1. The third kappa shape index (κ3) is 5.62. The van der Waals surface area contributed by atoms with Gasteiger partial charge in [-0.1, -0.05) is 36.1 Å². The van der Waals surface area contributed by atoms with Gasteiger partial charge in [-0.25, -0.2) is 4.79 Å². The molecule has 5 heteroatoms. The average molecular weight is 356 g/mol. The van der Waals surface area contributed by atoms with Crippen LogP contribution < -0.4 is 5.32 Å². The molecule has 140 valence electrons. The van der Waals surface area contributed by atoms with Gasteiger partial charge in [-0.3, -0.25) is 0 Å². The van der Waals surface area contributed by atoms with Crippen LogP contribution in [0.15, 0.2) is 43.0 Å². The predicted octanol–water partition coefficient (Wildman–Crippen LogP) is 2.55. The third-order valence-corrected chi connectivity index (χ3v) is 4.10. The normalized spacial score (nSPS) is 22.9. The Labute approximate surface area is 156 Å². The van der Waals surface area contributed by atoms with Crippen LogP contribution in [0.2, 0.25) is 0 Å². The zero-order chi connectivity index (χ0) is 19.2. The quantitative estimate of drug-likeness (QED) is 0.645. The standard InChI is InChI=1S/C21H28N2O3/c1-5-14-22-18-16-23(19(24)26-20(2,3)4)15-13-21(18,25)12-11-17-9-7-6-8-10-17/h5-10,18,22,25H,1,13-16H2,2-4H3/t18-,21-/m1/s1. The lowest BCUT2D eigenvalue weighted by Gasteiger charge is -2.42. The SMILES string of the molecule is C=CCN[C@@H]1CN(C(=O)OC(C)(C)C)CC[C@]1(O)C#Cc1ccccc1. The van der Waals surface area contributed by atoms with Crippen LogP contribution in [0.5, 0.6) is 0 Å². The Morgan fingerprint density at radius 1 is 1.46 bits per heavy atom. The molecule has 1 heterocycles. The molecule has 1 saturated heterocycles. The summed E-state index contributed by atoms with van der Waals surface area (Å²) in [5.74, 6) is 6.05. The van der Waals surface area contributed by atoms with Crippen molar-refractivity contribution in [3.8, 4) is 11.8 Å². The number of likely N-dealkylation sites (tertiary alicyclic amines) is 1. The Bertz CT molecular complexity index is 685. The summed E-state index contributed by atoms with van der Waals surface area (Å²) in [6.07, 6.45) is 1.69. The van der Waals surface area contributed by atoms with Gasteiger partial charge < -0.3 is 20.1 Å². The molecule has 1 aliphatic heterocycles. The summed E-state index contributed by atoms with van der Waals surface area (Å²) >= 11 is 0. The molecule has 0 spiro atoms. The second kappa shape index (κ2) is 8.39. The van der Waals surface area contributed by atoms with E-state index < -0.39 is 17.2 Å². The Balaban J connectivity index is 2.16. The van der Waals surface area contributed by atoms with Gasteiger partial charge in [-0.15, -0.1) is 6.58 Å². The van der Waals surface area contributed by atoms with Crippen molar-refractivity contribution in [1.82, 2.24) is 10.2 Å². The zero-order valence-corrected chi connectivity index (χ0v) is 15.8. The number of nitrogens with zero attached hydrogens (tertiary/aromatic N) is 1. The van der Waals surface area contributed by atoms with Crippen molar-refractivity contribution in [3.05, 3.63) is 48.6 Å². The van der Waals surface area contributed by atoms with E-state index in [-0.39, 0.29) is 6.09 Å². The number of nitrogens with one attached hydrogen (secondary N) is 1. The van der Waals surface area contributed by atoms with E-state index in [9.17, 15) is 9.90 Å². The van der Waals surface area contributed by atoms with Crippen LogP contribution in [0.3, 0.4) is 0 Å². The largest absolute Gasteiger partial charge is 0.444 e. The Kier molecular flexibility index (Phi) is 6.47. The highest BCUT2D eigenvalue weighted by Gasteiger charge is 2.42. The number of rotatable bonds is 3. The van der Waals surface area contributed by atoms with E-state index in [1.807, 2.05) is 51.1 Å². The van der Waals surface area contributed by atoms with Crippen LogP contribution in [-0.4, -0.2) is 53.0 Å². The fraction of sp³-hybridized carbons (Fsp3) is 0.476. The summed E-state index contributed by atoms with van der Waals surface area (Å²) in [7, 11) is 0. The van der Waals surface area contributed by atoms with Crippen LogP contribution in [0, 0.1) is 11.8 Å². The monoisotopic (exact) mass is 356 g/mol. The molecular weight excluding hydrogens is 328 g/mol. The summed E-state index contributed by atoms with van der Waals surface area (Å²) in [5, 5.41) is 14.3. The van der Waals surface area contributed by atoms with Crippen molar-refractivity contribution in [2.45, 2.75) is 44.4 Å². The van der Waals surface area contributed by atoms with E-state index >= 15 is 0 Å². The average Bonchev–Trinajstić information content (AvgIpc) is 2.59. The molecule has 1 aromatic rings. The summed E-state index contributed by atoms with van der Waals surface area (Å²) in [6.45, 7) is 10.4. The van der Waals surface area contributed by atoms with Crippen molar-refractivity contribution in [2.75, 3.05) is 19.6 Å². The van der Waals surface area contributed by atoms with Gasteiger partial charge >= 0.3 is 6.09 Å². The predicted molar refractivity (Wildman–Crippen MR) is 103 cm³/mol. The number of piperidine rings is 1. The number of carbonyl (C=O) groups excluding carboxylic acids is 1. The molecule has 2 N–H and O–H groups in total. The van der Waals surface area contributed by atoms with Crippen molar-refractivity contribution in [3.63, 3.8) is 0 Å². The maximum atomic E-state index is 12.4. The number of aliphatic hydroxyl groups is 1. The van der Waals surface area contributed by atoms with Crippen LogP contribution in [-0.2, 0) is 4.74 Å². The van der Waals surface area contributed by atoms with Gasteiger partial charge in [0, 0.05) is 31.6 Å². The van der Waals surface area contributed by atoms with Crippen LogP contribution >= 0.6 is 0 Å². The fourth-order valence-electron chi connectivity index (χ4n) is 2.75. The van der Waals surface area contributed by atoms with Gasteiger partial charge in [0.1, 0.15) is 11.2 Å². The van der Waals surface area contributed by atoms with E-state index in [0.29, 0.717) is 26.1 Å². The lowest BCUT2D eigenvalue weighted by molar-refractivity contribution is -0.0223. The lowest BCUT2D eigenvalue weighted by Crippen LogP contribution is -2.62. The van der Waals surface area contributed by atoms with E-state index in [1.54, 1.807) is 11.0 Å². The Hall–Kier alpha value is -2.29. The lowest BCUT2D eigenvalue weighted by atomic mass is 9.86. The molecule has 0 bridgehead atoms. The summed E-state index contributed by atoms with van der Waals surface area (Å²) in [5.41, 5.74) is -0.933. The zero-order valence-electron chi connectivity index (χ0n) is 15.8. The first-order valence-corrected chi connectivity index (χ1v) is 8.86. The molecule has 0 aliphatic carbocycles. The molecule has 0 unspecified atom stereocenters. The number of carbonyl (C=O) groups is 1. The van der Waals surface area contributed by atoms with Gasteiger partial charge in [0.2, 0.25) is 0 Å². The van der Waals surface area contributed by atoms with E-state index in [0.717, 1.165) is 5.56 Å². The van der Waals surface area contributed by atoms with Crippen LogP contribution in [0.1, 0.15) is 32.8 Å². The highest BCUT2D eigenvalue weighted by Crippen LogP contribution is 2.24. The maximum Gasteiger partial charge on any atom is 0.410 e. The fourth-order valence-corrected chi connectivity index (χ4v) is 2.75. The molecule has 1 amide bonds. The van der Waals surface area contributed by atoms with E-state index in [2.05, 4.69) is 23.7 Å². The number of hydrogen-bond donors (Lipinski definition) is 2. The number of benzene rings is 1. The second-order valence-electron chi connectivity index (χ2n) is 7.47. The first kappa shape index (κ1) is 20.0. The molecule has 2 atom stereocenters. The molecule has 0 radical (unpaired) electrons. The maximum absolute atomic E-state index is 12.4. The second-order valence-corrected chi connectivity index (χ2v) is 7.47. The van der Waals surface area contributed by atoms with Gasteiger partial charge in [-0.2, -0.15) is 0 Å². The van der Waals surface area contributed by atoms with Crippen molar-refractivity contribution in [2.24, 2.45) is 0 Å². The third-order valence-electron chi connectivity index (χ3n) is 4.10. The van der Waals surface area contributed by atoms with Gasteiger partial charge in [0.25, 0.3) is 0 Å². The molecule has 2 rings (SSSR count). The Morgan fingerprint density at radius 2 is 2.15 bits per heavy atom. The van der Waals surface area contributed by atoms with Crippen molar-refractivity contribution in [1.29, 1.82) is 0 Å². The molecule has 0 saturated carbocycles. The van der Waals surface area contributed by atoms with E-state index in [4.69, 9.17) is 4.74 Å². The number of hydrogen-bond acceptors (Lipinski definition) is 4. The molecule has 1 fully saturated rings. The van der Waals surface area contributed by atoms with Crippen LogP contribution in [0.4, 0.5) is 4.79 Å². The summed E-state index contributed by atoms with van der Waals surface area (Å²) in [6, 6.07) is 9.15. The summed E-state index contributed by atoms with van der Waals surface area (Å²) < 4.78 is 5.45. The van der Waals surface area contributed by atoms with Gasteiger partial charge in [0.05, 0.1) is 6.04 Å². The molecule has 1 aromatic carbocycles. The van der Waals surface area contributed by atoms with Crippen LogP contribution in [0.25, 0.3) is 0 Å². The minimum atomic E-state index is -1.22. The molecule has 0 aromatic heterocycles. The number of ether oxygens (including phenoxy) is 1. The highest BCUT2D eigenvalue weighted by atomic mass is 16.6. The topological polar surface area (TPSA) is 61.8 Å². The first-order valence-electron chi connectivity index (χ1n) is 8.86. The molecule has 5 nitrogen and oxygen atoms in total. The summed E-state index contributed by atoms with van der Waals surface area (Å²) in [4.78, 5) is 14.0. The van der Waals surface area contributed by atoms with Gasteiger partial charge in [-0.05, 0) is 32.9 Å². The minimum Gasteiger partial charge on any atom is -0.444 e. The minimum absolute atomic E-state index is 0.322. The highest BCUT2D eigenvalue weighted by molar-refractivity contribution is 5.68. The first-order chi connectivity index (χ1) is 12.2. The van der Waals surface area contributed by atoms with E-state index in [1.165, 1.54) is 0 Å². The van der Waals surface area contributed by atoms with Gasteiger partial charge in [0.15, 0.2) is 0 Å².